The molecule has 0 radical (unpaired) electrons. The Morgan fingerprint density at radius 1 is 1.19 bits per heavy atom. The fourth-order valence-corrected chi connectivity index (χ4v) is 2.89. The Morgan fingerprint density at radius 3 is 2.69 bits per heavy atom. The van der Waals surface area contributed by atoms with Gasteiger partial charge in [-0.15, -0.1) is 0 Å². The zero-order valence-electron chi connectivity index (χ0n) is 16.8. The van der Waals surface area contributed by atoms with Gasteiger partial charge < -0.3 is 10.6 Å². The van der Waals surface area contributed by atoms with Crippen LogP contribution in [0.4, 0.5) is 19.0 Å². The van der Waals surface area contributed by atoms with Gasteiger partial charge in [0.05, 0.1) is 25.0 Å². The second-order valence-electron chi connectivity index (χ2n) is 6.76. The summed E-state index contributed by atoms with van der Waals surface area (Å²) in [7, 11) is 0. The Balaban J connectivity index is 1.68. The van der Waals surface area contributed by atoms with E-state index >= 15 is 0 Å². The monoisotopic (exact) mass is 466 g/mol. The van der Waals surface area contributed by atoms with Gasteiger partial charge in [0, 0.05) is 12.4 Å². The molecule has 3 rings (SSSR count). The van der Waals surface area contributed by atoms with Gasteiger partial charge in [-0.3, -0.25) is 24.1 Å². The summed E-state index contributed by atoms with van der Waals surface area (Å²) in [5.41, 5.74) is -0.941. The number of amides is 1. The molecule has 0 unspecified atom stereocenters. The molecule has 0 spiro atoms. The number of aromatic nitrogens is 4. The number of pyridine rings is 2. The predicted molar refractivity (Wildman–Crippen MR) is 111 cm³/mol. The summed E-state index contributed by atoms with van der Waals surface area (Å²) in [6.45, 7) is -0.118. The fourth-order valence-electron chi connectivity index (χ4n) is 2.70. The Kier molecular flexibility index (Phi) is 7.08. The second-order valence-corrected chi connectivity index (χ2v) is 7.15. The number of alkyl halides is 2. The van der Waals surface area contributed by atoms with Crippen LogP contribution in [0.2, 0.25) is 5.15 Å². The average Bonchev–Trinajstić information content (AvgIpc) is 2.77. The van der Waals surface area contributed by atoms with Gasteiger partial charge in [0.25, 0.3) is 5.56 Å². The maximum atomic E-state index is 14.3. The van der Waals surface area contributed by atoms with Gasteiger partial charge in [-0.1, -0.05) is 17.7 Å². The van der Waals surface area contributed by atoms with Gasteiger partial charge in [-0.2, -0.15) is 8.78 Å². The van der Waals surface area contributed by atoms with Crippen molar-refractivity contribution < 1.29 is 18.0 Å². The SMILES string of the molecule is Cc1ccnc(CNC(=O)Cn2c(Cl)cnc(NCC(F)(F)c3ccccn3)c2=O)c1F. The van der Waals surface area contributed by atoms with Crippen LogP contribution in [0, 0.1) is 12.7 Å². The molecule has 168 valence electrons. The molecule has 3 aromatic rings. The highest BCUT2D eigenvalue weighted by molar-refractivity contribution is 6.29. The van der Waals surface area contributed by atoms with Crippen LogP contribution in [0.3, 0.4) is 0 Å². The lowest BCUT2D eigenvalue weighted by molar-refractivity contribution is -0.121. The normalized spacial score (nSPS) is 11.3. The number of aryl methyl sites for hydroxylation is 1. The van der Waals surface area contributed by atoms with Crippen molar-refractivity contribution in [1.82, 2.24) is 24.8 Å². The molecule has 0 saturated carbocycles. The van der Waals surface area contributed by atoms with E-state index in [4.69, 9.17) is 11.6 Å². The third kappa shape index (κ3) is 5.41. The maximum absolute atomic E-state index is 14.3. The van der Waals surface area contributed by atoms with E-state index in [-0.39, 0.29) is 17.4 Å². The summed E-state index contributed by atoms with van der Waals surface area (Å²) in [5, 5.41) is 4.54. The lowest BCUT2D eigenvalue weighted by Gasteiger charge is -2.17. The first-order valence-corrected chi connectivity index (χ1v) is 9.72. The van der Waals surface area contributed by atoms with E-state index in [0.717, 1.165) is 16.8 Å². The van der Waals surface area contributed by atoms with Crippen molar-refractivity contribution in [2.24, 2.45) is 0 Å². The molecule has 0 saturated heterocycles. The van der Waals surface area contributed by atoms with Crippen molar-refractivity contribution in [3.05, 3.63) is 81.1 Å². The summed E-state index contributed by atoms with van der Waals surface area (Å²) >= 11 is 5.96. The highest BCUT2D eigenvalue weighted by Gasteiger charge is 2.33. The van der Waals surface area contributed by atoms with Crippen molar-refractivity contribution in [3.8, 4) is 0 Å². The van der Waals surface area contributed by atoms with Crippen molar-refractivity contribution in [2.75, 3.05) is 11.9 Å². The Bertz CT molecular complexity index is 1170. The molecule has 3 heterocycles. The number of anilines is 1. The number of hydrogen-bond acceptors (Lipinski definition) is 6. The molecular formula is C20H18ClF3N6O2. The van der Waals surface area contributed by atoms with Gasteiger partial charge in [-0.25, -0.2) is 9.37 Å². The number of nitrogens with one attached hydrogen (secondary N) is 2. The molecule has 0 fully saturated rings. The second kappa shape index (κ2) is 9.77. The number of halogens is 4. The minimum Gasteiger partial charge on any atom is -0.359 e. The Hall–Kier alpha value is -3.47. The molecule has 0 aliphatic rings. The van der Waals surface area contributed by atoms with E-state index in [1.165, 1.54) is 30.6 Å². The van der Waals surface area contributed by atoms with Crippen LogP contribution in [0.15, 0.2) is 47.7 Å². The quantitative estimate of drug-likeness (QED) is 0.529. The minimum absolute atomic E-state index is 0.0330. The van der Waals surface area contributed by atoms with Crippen LogP contribution >= 0.6 is 11.6 Å². The first-order valence-electron chi connectivity index (χ1n) is 9.34. The summed E-state index contributed by atoms with van der Waals surface area (Å²) in [6, 6.07) is 5.57. The molecule has 0 atom stereocenters. The smallest absolute Gasteiger partial charge is 0.306 e. The number of carbonyl (C=O) groups is 1. The van der Waals surface area contributed by atoms with E-state index in [1.807, 2.05) is 0 Å². The first kappa shape index (κ1) is 23.2. The van der Waals surface area contributed by atoms with Crippen molar-refractivity contribution in [3.63, 3.8) is 0 Å². The topological polar surface area (TPSA) is 102 Å². The summed E-state index contributed by atoms with van der Waals surface area (Å²) in [6.07, 6.45) is 3.69. The largest absolute Gasteiger partial charge is 0.359 e. The third-order valence-electron chi connectivity index (χ3n) is 4.43. The van der Waals surface area contributed by atoms with Gasteiger partial charge >= 0.3 is 5.92 Å². The standard InChI is InChI=1S/C20H18ClF3N6O2/c1-12-5-7-25-13(17(12)22)8-27-16(31)10-30-15(21)9-28-18(19(30)32)29-11-20(23,24)14-4-2-3-6-26-14/h2-7,9H,8,10-11H2,1H3,(H,27,31)(H,28,29). The molecule has 0 aliphatic carbocycles. The zero-order chi connectivity index (χ0) is 23.3. The van der Waals surface area contributed by atoms with E-state index in [2.05, 4.69) is 25.6 Å². The summed E-state index contributed by atoms with van der Waals surface area (Å²) < 4.78 is 43.4. The third-order valence-corrected chi connectivity index (χ3v) is 4.73. The molecule has 0 aromatic carbocycles. The molecule has 0 bridgehead atoms. The van der Waals surface area contributed by atoms with Gasteiger partial charge in [0.15, 0.2) is 5.82 Å². The maximum Gasteiger partial charge on any atom is 0.306 e. The molecule has 8 nitrogen and oxygen atoms in total. The number of nitrogens with zero attached hydrogens (tertiary/aromatic N) is 4. The van der Waals surface area contributed by atoms with Gasteiger partial charge in [0.1, 0.15) is 23.2 Å². The van der Waals surface area contributed by atoms with E-state index in [0.29, 0.717) is 5.56 Å². The number of carbonyl (C=O) groups excluding carboxylic acids is 1. The molecule has 0 aliphatic heterocycles. The first-order chi connectivity index (χ1) is 15.2. The summed E-state index contributed by atoms with van der Waals surface area (Å²) in [5.74, 6) is -4.99. The van der Waals surface area contributed by atoms with E-state index in [9.17, 15) is 22.8 Å². The molecular weight excluding hydrogens is 449 g/mol. The highest BCUT2D eigenvalue weighted by Crippen LogP contribution is 2.25. The van der Waals surface area contributed by atoms with E-state index < -0.39 is 47.8 Å². The molecule has 1 amide bonds. The van der Waals surface area contributed by atoms with Gasteiger partial charge in [-0.05, 0) is 30.7 Å². The van der Waals surface area contributed by atoms with Crippen molar-refractivity contribution in [1.29, 1.82) is 0 Å². The van der Waals surface area contributed by atoms with Crippen LogP contribution in [0.25, 0.3) is 0 Å². The predicted octanol–water partition coefficient (Wildman–Crippen LogP) is 2.65. The van der Waals surface area contributed by atoms with E-state index in [1.54, 1.807) is 6.92 Å². The average molecular weight is 467 g/mol. The lowest BCUT2D eigenvalue weighted by Crippen LogP contribution is -2.35. The fraction of sp³-hybridized carbons (Fsp3) is 0.250. The van der Waals surface area contributed by atoms with Crippen LogP contribution in [-0.4, -0.2) is 32.0 Å². The minimum atomic E-state index is -3.37. The number of rotatable bonds is 8. The molecule has 12 heteroatoms. The number of hydrogen-bond donors (Lipinski definition) is 2. The van der Waals surface area contributed by atoms with Crippen molar-refractivity contribution in [2.45, 2.75) is 25.9 Å². The van der Waals surface area contributed by atoms with Crippen LogP contribution in [0.5, 0.6) is 0 Å². The van der Waals surface area contributed by atoms with Gasteiger partial charge in [0.2, 0.25) is 5.91 Å². The Labute approximate surface area is 185 Å². The molecule has 2 N–H and O–H groups in total. The van der Waals surface area contributed by atoms with Crippen LogP contribution in [0.1, 0.15) is 17.0 Å². The van der Waals surface area contributed by atoms with Crippen LogP contribution in [-0.2, 0) is 23.8 Å². The highest BCUT2D eigenvalue weighted by atomic mass is 35.5. The van der Waals surface area contributed by atoms with Crippen molar-refractivity contribution >= 4 is 23.3 Å². The van der Waals surface area contributed by atoms with Crippen LogP contribution < -0.4 is 16.2 Å². The summed E-state index contributed by atoms with van der Waals surface area (Å²) in [4.78, 5) is 36.1. The zero-order valence-corrected chi connectivity index (χ0v) is 17.5. The lowest BCUT2D eigenvalue weighted by atomic mass is 10.2. The molecule has 3 aromatic heterocycles. The molecule has 32 heavy (non-hydrogen) atoms. The Morgan fingerprint density at radius 2 is 1.97 bits per heavy atom.